The largest absolute Gasteiger partial charge is 0.301 e. The van der Waals surface area contributed by atoms with Crippen molar-refractivity contribution in [1.82, 2.24) is 5.32 Å². The molecule has 2 aliphatic rings. The second-order valence-corrected chi connectivity index (χ2v) is 7.69. The van der Waals surface area contributed by atoms with Crippen LogP contribution in [0, 0.1) is 11.8 Å². The molecule has 2 saturated carbocycles. The van der Waals surface area contributed by atoms with Crippen LogP contribution in [-0.4, -0.2) is 12.1 Å². The van der Waals surface area contributed by atoms with Gasteiger partial charge >= 0.3 is 0 Å². The minimum Gasteiger partial charge on any atom is -0.301 e. The summed E-state index contributed by atoms with van der Waals surface area (Å²) in [5, 5.41) is 3.77. The zero-order valence-corrected chi connectivity index (χ0v) is 15.3. The second-order valence-electron chi connectivity index (χ2n) is 7.69. The Morgan fingerprint density at radius 2 is 1.54 bits per heavy atom. The summed E-state index contributed by atoms with van der Waals surface area (Å²) in [5.74, 6) is 7.66. The first-order valence-corrected chi connectivity index (χ1v) is 10.2. The Hall–Kier alpha value is -1.26. The molecule has 0 aliphatic heterocycles. The molecular formula is C23H33N. The molecule has 2 fully saturated rings. The smallest absolute Gasteiger partial charge is 0.0692 e. The van der Waals surface area contributed by atoms with Gasteiger partial charge in [-0.15, -0.1) is 0 Å². The summed E-state index contributed by atoms with van der Waals surface area (Å²) >= 11 is 0. The maximum Gasteiger partial charge on any atom is 0.0692 e. The Morgan fingerprint density at radius 1 is 0.917 bits per heavy atom. The molecule has 0 aromatic heterocycles. The van der Waals surface area contributed by atoms with Crippen molar-refractivity contribution in [1.29, 1.82) is 0 Å². The molecule has 0 bridgehead atoms. The van der Waals surface area contributed by atoms with Crippen molar-refractivity contribution in [2.45, 2.75) is 95.6 Å². The maximum absolute atomic E-state index is 3.77. The van der Waals surface area contributed by atoms with Gasteiger partial charge in [0.05, 0.1) is 6.04 Å². The van der Waals surface area contributed by atoms with Crippen LogP contribution >= 0.6 is 0 Å². The number of nitrogens with one attached hydrogen (secondary N) is 1. The highest BCUT2D eigenvalue weighted by atomic mass is 14.9. The molecule has 0 spiro atoms. The van der Waals surface area contributed by atoms with E-state index in [9.17, 15) is 0 Å². The SMILES string of the molecule is CCC(C#Cc1ccc(C2CCCCC2)cc1)NC1CCCCC1. The summed E-state index contributed by atoms with van der Waals surface area (Å²) < 4.78 is 0. The monoisotopic (exact) mass is 323 g/mol. The van der Waals surface area contributed by atoms with Gasteiger partial charge in [-0.05, 0) is 55.7 Å². The fraction of sp³-hybridized carbons (Fsp3) is 0.652. The summed E-state index contributed by atoms with van der Waals surface area (Å²) in [6.07, 6.45) is 14.9. The predicted molar refractivity (Wildman–Crippen MR) is 103 cm³/mol. The molecule has 24 heavy (non-hydrogen) atoms. The molecule has 0 amide bonds. The van der Waals surface area contributed by atoms with Gasteiger partial charge in [0.2, 0.25) is 0 Å². The Balaban J connectivity index is 1.57. The van der Waals surface area contributed by atoms with Gasteiger partial charge < -0.3 is 5.32 Å². The molecule has 0 heterocycles. The van der Waals surface area contributed by atoms with E-state index in [1.165, 1.54) is 75.3 Å². The van der Waals surface area contributed by atoms with E-state index in [-0.39, 0.29) is 0 Å². The van der Waals surface area contributed by atoms with E-state index in [4.69, 9.17) is 0 Å². The van der Waals surface area contributed by atoms with Crippen LogP contribution in [0.3, 0.4) is 0 Å². The lowest BCUT2D eigenvalue weighted by Gasteiger charge is -2.25. The summed E-state index contributed by atoms with van der Waals surface area (Å²) in [5.41, 5.74) is 2.69. The molecule has 0 radical (unpaired) electrons. The van der Waals surface area contributed by atoms with Gasteiger partial charge in [0.15, 0.2) is 0 Å². The lowest BCUT2D eigenvalue weighted by Crippen LogP contribution is -2.38. The molecular weight excluding hydrogens is 290 g/mol. The van der Waals surface area contributed by atoms with Gasteiger partial charge in [0.25, 0.3) is 0 Å². The van der Waals surface area contributed by atoms with Crippen LogP contribution in [-0.2, 0) is 0 Å². The minimum absolute atomic E-state index is 0.339. The minimum atomic E-state index is 0.339. The van der Waals surface area contributed by atoms with Gasteiger partial charge in [-0.1, -0.05) is 69.4 Å². The van der Waals surface area contributed by atoms with Gasteiger partial charge in [-0.25, -0.2) is 0 Å². The normalized spacial score (nSPS) is 21.0. The second kappa shape index (κ2) is 9.28. The molecule has 0 saturated heterocycles. The molecule has 1 aromatic carbocycles. The lowest BCUT2D eigenvalue weighted by atomic mass is 9.84. The Bertz CT molecular complexity index is 536. The molecule has 1 atom stereocenters. The van der Waals surface area contributed by atoms with Gasteiger partial charge in [-0.2, -0.15) is 0 Å². The fourth-order valence-corrected chi connectivity index (χ4v) is 4.26. The van der Waals surface area contributed by atoms with Crippen molar-refractivity contribution >= 4 is 0 Å². The molecule has 2 aliphatic carbocycles. The van der Waals surface area contributed by atoms with E-state index in [1.807, 2.05) is 0 Å². The molecule has 1 aromatic rings. The molecule has 1 nitrogen and oxygen atoms in total. The third-order valence-electron chi connectivity index (χ3n) is 5.83. The molecule has 130 valence electrons. The summed E-state index contributed by atoms with van der Waals surface area (Å²) in [6.45, 7) is 2.24. The van der Waals surface area contributed by atoms with Crippen LogP contribution in [0.25, 0.3) is 0 Å². The summed E-state index contributed by atoms with van der Waals surface area (Å²) in [6, 6.07) is 10.1. The average molecular weight is 324 g/mol. The Kier molecular flexibility index (Phi) is 6.79. The van der Waals surface area contributed by atoms with Gasteiger partial charge in [0, 0.05) is 11.6 Å². The van der Waals surface area contributed by atoms with Crippen molar-refractivity contribution in [3.8, 4) is 11.8 Å². The number of benzene rings is 1. The molecule has 1 heteroatoms. The van der Waals surface area contributed by atoms with Crippen LogP contribution in [0.5, 0.6) is 0 Å². The van der Waals surface area contributed by atoms with Crippen LogP contribution in [0.2, 0.25) is 0 Å². The highest BCUT2D eigenvalue weighted by molar-refractivity contribution is 5.38. The van der Waals surface area contributed by atoms with Crippen LogP contribution in [0.15, 0.2) is 24.3 Å². The zero-order chi connectivity index (χ0) is 16.6. The first-order valence-electron chi connectivity index (χ1n) is 10.2. The third-order valence-corrected chi connectivity index (χ3v) is 5.83. The van der Waals surface area contributed by atoms with E-state index in [0.717, 1.165) is 12.3 Å². The number of hydrogen-bond acceptors (Lipinski definition) is 1. The van der Waals surface area contributed by atoms with E-state index in [1.54, 1.807) is 0 Å². The summed E-state index contributed by atoms with van der Waals surface area (Å²) in [4.78, 5) is 0. The lowest BCUT2D eigenvalue weighted by molar-refractivity contribution is 0.355. The van der Waals surface area contributed by atoms with Crippen LogP contribution in [0.4, 0.5) is 0 Å². The maximum atomic E-state index is 3.77. The number of hydrogen-bond donors (Lipinski definition) is 1. The number of rotatable bonds is 4. The molecule has 1 N–H and O–H groups in total. The van der Waals surface area contributed by atoms with Crippen molar-refractivity contribution in [3.05, 3.63) is 35.4 Å². The third kappa shape index (κ3) is 5.12. The van der Waals surface area contributed by atoms with E-state index in [2.05, 4.69) is 48.3 Å². The van der Waals surface area contributed by atoms with Crippen molar-refractivity contribution in [2.24, 2.45) is 0 Å². The first kappa shape index (κ1) is 17.6. The van der Waals surface area contributed by atoms with Gasteiger partial charge in [0.1, 0.15) is 0 Å². The Morgan fingerprint density at radius 3 is 2.17 bits per heavy atom. The topological polar surface area (TPSA) is 12.0 Å². The van der Waals surface area contributed by atoms with Crippen molar-refractivity contribution < 1.29 is 0 Å². The first-order chi connectivity index (χ1) is 11.8. The Labute approximate surface area is 148 Å². The van der Waals surface area contributed by atoms with Crippen LogP contribution in [0.1, 0.15) is 94.6 Å². The van der Waals surface area contributed by atoms with Crippen LogP contribution < -0.4 is 5.32 Å². The van der Waals surface area contributed by atoms with Gasteiger partial charge in [-0.3, -0.25) is 0 Å². The van der Waals surface area contributed by atoms with E-state index >= 15 is 0 Å². The van der Waals surface area contributed by atoms with E-state index < -0.39 is 0 Å². The average Bonchev–Trinajstić information content (AvgIpc) is 2.67. The zero-order valence-electron chi connectivity index (χ0n) is 15.3. The molecule has 1 unspecified atom stereocenters. The highest BCUT2D eigenvalue weighted by Crippen LogP contribution is 2.32. The highest BCUT2D eigenvalue weighted by Gasteiger charge is 2.16. The van der Waals surface area contributed by atoms with E-state index in [0.29, 0.717) is 12.1 Å². The molecule has 3 rings (SSSR count). The standard InChI is InChI=1S/C23H33N/c1-2-22(24-23-11-7-4-8-12-23)18-15-19-13-16-21(17-14-19)20-9-5-3-6-10-20/h13-14,16-17,20,22-24H,2-12H2,1H3. The summed E-state index contributed by atoms with van der Waals surface area (Å²) in [7, 11) is 0. The predicted octanol–water partition coefficient (Wildman–Crippen LogP) is 5.79. The van der Waals surface area contributed by atoms with Crippen molar-refractivity contribution in [2.75, 3.05) is 0 Å². The quantitative estimate of drug-likeness (QED) is 0.692. The van der Waals surface area contributed by atoms with Crippen molar-refractivity contribution in [3.63, 3.8) is 0 Å². The fourth-order valence-electron chi connectivity index (χ4n) is 4.26.